The maximum atomic E-state index is 3.50. The van der Waals surface area contributed by atoms with E-state index in [2.05, 4.69) is 40.6 Å². The van der Waals surface area contributed by atoms with Crippen molar-refractivity contribution in [3.05, 3.63) is 36.0 Å². The Morgan fingerprint density at radius 1 is 1.21 bits per heavy atom. The first-order valence-electron chi connectivity index (χ1n) is 5.22. The van der Waals surface area contributed by atoms with E-state index in [1.807, 2.05) is 0 Å². The number of aromatic nitrogens is 1. The van der Waals surface area contributed by atoms with Gasteiger partial charge in [0.1, 0.15) is 0 Å². The van der Waals surface area contributed by atoms with E-state index in [1.165, 1.54) is 23.0 Å². The van der Waals surface area contributed by atoms with Crippen LogP contribution in [0.4, 0.5) is 0 Å². The fraction of sp³-hybridized carbons (Fsp3) is 0.333. The van der Waals surface area contributed by atoms with Gasteiger partial charge in [0, 0.05) is 23.7 Å². The molecule has 1 aromatic carbocycles. The molecule has 2 aromatic rings. The predicted octanol–water partition coefficient (Wildman–Crippen LogP) is 2.24. The van der Waals surface area contributed by atoms with Gasteiger partial charge in [0.05, 0.1) is 0 Å². The van der Waals surface area contributed by atoms with E-state index in [4.69, 9.17) is 0 Å². The van der Waals surface area contributed by atoms with E-state index >= 15 is 0 Å². The summed E-state index contributed by atoms with van der Waals surface area (Å²) in [6.07, 6.45) is 1.26. The van der Waals surface area contributed by atoms with Crippen LogP contribution >= 0.6 is 0 Å². The molecule has 0 spiro atoms. The van der Waals surface area contributed by atoms with Crippen LogP contribution in [0.5, 0.6) is 0 Å². The van der Waals surface area contributed by atoms with E-state index < -0.39 is 0 Å². The van der Waals surface area contributed by atoms with Crippen molar-refractivity contribution in [3.8, 4) is 0 Å². The average molecular weight is 186 g/mol. The highest BCUT2D eigenvalue weighted by Crippen LogP contribution is 2.25. The maximum Gasteiger partial charge on any atom is 0.0456 e. The van der Waals surface area contributed by atoms with Crippen LogP contribution in [0, 0.1) is 0 Å². The van der Waals surface area contributed by atoms with Gasteiger partial charge in [-0.15, -0.1) is 0 Å². The summed E-state index contributed by atoms with van der Waals surface area (Å²) >= 11 is 0. The lowest BCUT2D eigenvalue weighted by Crippen LogP contribution is -2.07. The van der Waals surface area contributed by atoms with Gasteiger partial charge in [-0.2, -0.15) is 0 Å². The first-order chi connectivity index (χ1) is 6.93. The molecule has 1 aromatic heterocycles. The third-order valence-corrected chi connectivity index (χ3v) is 3.05. The number of nitrogens with one attached hydrogen (secondary N) is 2. The minimum atomic E-state index is 0.683. The molecular formula is C12H14N2. The van der Waals surface area contributed by atoms with Crippen LogP contribution in [0.1, 0.15) is 18.0 Å². The quantitative estimate of drug-likeness (QED) is 0.702. The van der Waals surface area contributed by atoms with Crippen LogP contribution in [-0.2, 0) is 0 Å². The molecule has 2 nitrogen and oxygen atoms in total. The van der Waals surface area contributed by atoms with Crippen molar-refractivity contribution in [2.45, 2.75) is 12.3 Å². The molecule has 2 heteroatoms. The van der Waals surface area contributed by atoms with Gasteiger partial charge in [-0.1, -0.05) is 18.2 Å². The summed E-state index contributed by atoms with van der Waals surface area (Å²) in [5.41, 5.74) is 2.64. The Morgan fingerprint density at radius 3 is 2.93 bits per heavy atom. The molecule has 1 unspecified atom stereocenters. The topological polar surface area (TPSA) is 27.8 Å². The molecule has 0 radical (unpaired) electrons. The molecule has 2 heterocycles. The van der Waals surface area contributed by atoms with Crippen LogP contribution in [0.25, 0.3) is 10.9 Å². The summed E-state index contributed by atoms with van der Waals surface area (Å²) in [7, 11) is 0. The molecule has 2 N–H and O–H groups in total. The zero-order valence-corrected chi connectivity index (χ0v) is 8.09. The van der Waals surface area contributed by atoms with E-state index in [-0.39, 0.29) is 0 Å². The van der Waals surface area contributed by atoms with Crippen molar-refractivity contribution in [2.24, 2.45) is 0 Å². The van der Waals surface area contributed by atoms with Crippen molar-refractivity contribution >= 4 is 10.9 Å². The Bertz CT molecular complexity index is 405. The van der Waals surface area contributed by atoms with Gasteiger partial charge in [-0.3, -0.25) is 0 Å². The van der Waals surface area contributed by atoms with Gasteiger partial charge in [0.15, 0.2) is 0 Å². The Labute approximate surface area is 83.3 Å². The van der Waals surface area contributed by atoms with E-state index in [9.17, 15) is 0 Å². The number of hydrogen-bond acceptors (Lipinski definition) is 1. The van der Waals surface area contributed by atoms with Gasteiger partial charge < -0.3 is 10.3 Å². The minimum Gasteiger partial charge on any atom is -0.358 e. The van der Waals surface area contributed by atoms with Crippen molar-refractivity contribution in [2.75, 3.05) is 13.1 Å². The zero-order valence-electron chi connectivity index (χ0n) is 8.09. The number of aromatic amines is 1. The number of benzene rings is 1. The number of hydrogen-bond donors (Lipinski definition) is 2. The van der Waals surface area contributed by atoms with Crippen LogP contribution in [-0.4, -0.2) is 18.1 Å². The molecule has 14 heavy (non-hydrogen) atoms. The summed E-state index contributed by atoms with van der Waals surface area (Å²) in [6.45, 7) is 2.27. The van der Waals surface area contributed by atoms with Crippen LogP contribution in [0.3, 0.4) is 0 Å². The van der Waals surface area contributed by atoms with E-state index in [1.54, 1.807) is 0 Å². The highest BCUT2D eigenvalue weighted by molar-refractivity contribution is 5.80. The number of rotatable bonds is 1. The fourth-order valence-corrected chi connectivity index (χ4v) is 2.24. The van der Waals surface area contributed by atoms with Crippen LogP contribution in [0.15, 0.2) is 30.3 Å². The molecule has 72 valence electrons. The first-order valence-corrected chi connectivity index (χ1v) is 5.22. The number of H-pyrrole nitrogens is 1. The maximum absolute atomic E-state index is 3.50. The predicted molar refractivity (Wildman–Crippen MR) is 58.5 cm³/mol. The lowest BCUT2D eigenvalue weighted by Gasteiger charge is -2.03. The second-order valence-corrected chi connectivity index (χ2v) is 4.00. The number of fused-ring (bicyclic) bond motifs is 1. The SMILES string of the molecule is c1ccc2[nH]c(C3CCNC3)cc2c1. The normalized spacial score (nSPS) is 21.9. The molecule has 1 aliphatic rings. The fourth-order valence-electron chi connectivity index (χ4n) is 2.24. The zero-order chi connectivity index (χ0) is 9.38. The Kier molecular flexibility index (Phi) is 1.81. The van der Waals surface area contributed by atoms with Gasteiger partial charge in [-0.05, 0) is 30.5 Å². The summed E-state index contributed by atoms with van der Waals surface area (Å²) < 4.78 is 0. The molecule has 1 aliphatic heterocycles. The van der Waals surface area contributed by atoms with Crippen LogP contribution in [0.2, 0.25) is 0 Å². The molecule has 3 rings (SSSR count). The largest absolute Gasteiger partial charge is 0.358 e. The van der Waals surface area contributed by atoms with Crippen molar-refractivity contribution in [1.29, 1.82) is 0 Å². The molecule has 0 amide bonds. The third kappa shape index (κ3) is 1.23. The Hall–Kier alpha value is -1.28. The minimum absolute atomic E-state index is 0.683. The molecule has 0 saturated carbocycles. The monoisotopic (exact) mass is 186 g/mol. The first kappa shape index (κ1) is 8.06. The van der Waals surface area contributed by atoms with Crippen molar-refractivity contribution < 1.29 is 0 Å². The van der Waals surface area contributed by atoms with Gasteiger partial charge in [0.2, 0.25) is 0 Å². The van der Waals surface area contributed by atoms with Crippen molar-refractivity contribution in [1.82, 2.24) is 10.3 Å². The number of para-hydroxylation sites is 1. The highest BCUT2D eigenvalue weighted by atomic mass is 14.9. The molecule has 1 atom stereocenters. The Balaban J connectivity index is 2.05. The molecule has 1 saturated heterocycles. The highest BCUT2D eigenvalue weighted by Gasteiger charge is 2.17. The van der Waals surface area contributed by atoms with Gasteiger partial charge in [-0.25, -0.2) is 0 Å². The summed E-state index contributed by atoms with van der Waals surface area (Å²) in [5.74, 6) is 0.683. The molecule has 0 bridgehead atoms. The molecule has 0 aliphatic carbocycles. The third-order valence-electron chi connectivity index (χ3n) is 3.05. The summed E-state index contributed by atoms with van der Waals surface area (Å²) in [6, 6.07) is 10.8. The summed E-state index contributed by atoms with van der Waals surface area (Å²) in [5, 5.41) is 4.72. The van der Waals surface area contributed by atoms with Gasteiger partial charge >= 0.3 is 0 Å². The van der Waals surface area contributed by atoms with Crippen LogP contribution < -0.4 is 5.32 Å². The lowest BCUT2D eigenvalue weighted by molar-refractivity contribution is 0.743. The molecule has 1 fully saturated rings. The molecular weight excluding hydrogens is 172 g/mol. The van der Waals surface area contributed by atoms with Crippen molar-refractivity contribution in [3.63, 3.8) is 0 Å². The van der Waals surface area contributed by atoms with E-state index in [0.29, 0.717) is 5.92 Å². The smallest absolute Gasteiger partial charge is 0.0456 e. The standard InChI is InChI=1S/C12H14N2/c1-2-4-11-9(3-1)7-12(14-11)10-5-6-13-8-10/h1-4,7,10,13-14H,5-6,8H2. The lowest BCUT2D eigenvalue weighted by atomic mass is 10.1. The Morgan fingerprint density at radius 2 is 2.14 bits per heavy atom. The van der Waals surface area contributed by atoms with Gasteiger partial charge in [0.25, 0.3) is 0 Å². The second kappa shape index (κ2) is 3.14. The summed E-state index contributed by atoms with van der Waals surface area (Å²) in [4.78, 5) is 3.50. The average Bonchev–Trinajstić information content (AvgIpc) is 2.86. The van der Waals surface area contributed by atoms with E-state index in [0.717, 1.165) is 13.1 Å². The second-order valence-electron chi connectivity index (χ2n) is 4.00.